The number of H-pyrrole nitrogens is 1. The summed E-state index contributed by atoms with van der Waals surface area (Å²) in [6, 6.07) is 3.85. The number of hydrogen-bond donors (Lipinski definition) is 2. The molecular weight excluding hydrogens is 356 g/mol. The van der Waals surface area contributed by atoms with E-state index in [1.54, 1.807) is 26.6 Å². The van der Waals surface area contributed by atoms with Gasteiger partial charge in [-0.05, 0) is 50.9 Å². The number of aromatic nitrogens is 3. The van der Waals surface area contributed by atoms with Gasteiger partial charge in [0.25, 0.3) is 0 Å². The molecule has 1 saturated heterocycles. The Bertz CT molecular complexity index is 1050. The van der Waals surface area contributed by atoms with E-state index in [9.17, 15) is 4.79 Å². The van der Waals surface area contributed by atoms with Crippen LogP contribution in [0.15, 0.2) is 24.5 Å². The first-order valence-corrected chi connectivity index (χ1v) is 9.34. The highest BCUT2D eigenvalue weighted by molar-refractivity contribution is 6.10. The molecule has 3 heterocycles. The molecule has 3 aromatic rings. The van der Waals surface area contributed by atoms with Crippen molar-refractivity contribution in [3.05, 3.63) is 35.7 Å². The number of aromatic amines is 1. The van der Waals surface area contributed by atoms with Crippen molar-refractivity contribution in [2.24, 2.45) is 0 Å². The predicted molar refractivity (Wildman–Crippen MR) is 107 cm³/mol. The van der Waals surface area contributed by atoms with Crippen molar-refractivity contribution in [1.82, 2.24) is 20.3 Å². The highest BCUT2D eigenvalue weighted by Crippen LogP contribution is 2.36. The summed E-state index contributed by atoms with van der Waals surface area (Å²) in [7, 11) is 3.22. The van der Waals surface area contributed by atoms with E-state index in [1.807, 2.05) is 26.0 Å². The summed E-state index contributed by atoms with van der Waals surface area (Å²) in [4.78, 5) is 25.5. The molecule has 1 atom stereocenters. The molecule has 1 aliphatic heterocycles. The van der Waals surface area contributed by atoms with Crippen LogP contribution in [0.3, 0.4) is 0 Å². The van der Waals surface area contributed by atoms with Gasteiger partial charge in [-0.25, -0.2) is 9.97 Å². The summed E-state index contributed by atoms with van der Waals surface area (Å²) < 4.78 is 10.9. The van der Waals surface area contributed by atoms with E-state index < -0.39 is 5.54 Å². The first kappa shape index (κ1) is 18.4. The standard InChI is InChI=1S/C21H24N4O3/c1-12-8-13(9-16(27-3)18(12)28-4)15-11-23-20-17(25-15)14(10-22-20)19(26)21(2)6-5-7-24-21/h8-11,24H,5-7H2,1-4H3,(H,22,23). The number of carbonyl (C=O) groups excluding carboxylic acids is 1. The Morgan fingerprint density at radius 3 is 2.75 bits per heavy atom. The zero-order valence-electron chi connectivity index (χ0n) is 16.5. The molecule has 0 amide bonds. The number of benzene rings is 1. The summed E-state index contributed by atoms with van der Waals surface area (Å²) in [5, 5.41) is 3.33. The number of nitrogens with one attached hydrogen (secondary N) is 2. The maximum Gasteiger partial charge on any atom is 0.186 e. The number of nitrogens with zero attached hydrogens (tertiary/aromatic N) is 2. The van der Waals surface area contributed by atoms with Gasteiger partial charge >= 0.3 is 0 Å². The van der Waals surface area contributed by atoms with Gasteiger partial charge in [0, 0.05) is 11.8 Å². The molecule has 0 spiro atoms. The van der Waals surface area contributed by atoms with Crippen LogP contribution in [0.25, 0.3) is 22.4 Å². The van der Waals surface area contributed by atoms with Gasteiger partial charge in [-0.3, -0.25) is 4.79 Å². The van der Waals surface area contributed by atoms with E-state index in [0.717, 1.165) is 30.5 Å². The van der Waals surface area contributed by atoms with Gasteiger partial charge in [-0.1, -0.05) is 0 Å². The number of fused-ring (bicyclic) bond motifs is 1. The number of rotatable bonds is 5. The summed E-state index contributed by atoms with van der Waals surface area (Å²) in [5.74, 6) is 1.37. The normalized spacial score (nSPS) is 19.1. The fourth-order valence-corrected chi connectivity index (χ4v) is 3.89. The Morgan fingerprint density at radius 2 is 2.07 bits per heavy atom. The molecule has 0 bridgehead atoms. The van der Waals surface area contributed by atoms with Crippen LogP contribution < -0.4 is 14.8 Å². The summed E-state index contributed by atoms with van der Waals surface area (Å²) in [6.45, 7) is 4.76. The topological polar surface area (TPSA) is 89.1 Å². The number of ether oxygens (including phenoxy) is 2. The van der Waals surface area contributed by atoms with Crippen LogP contribution in [0, 0.1) is 6.92 Å². The van der Waals surface area contributed by atoms with Crippen LogP contribution in [0.2, 0.25) is 0 Å². The smallest absolute Gasteiger partial charge is 0.186 e. The third-order valence-corrected chi connectivity index (χ3v) is 5.46. The number of methoxy groups -OCH3 is 2. The zero-order valence-corrected chi connectivity index (χ0v) is 16.5. The molecule has 146 valence electrons. The van der Waals surface area contributed by atoms with E-state index in [-0.39, 0.29) is 5.78 Å². The van der Waals surface area contributed by atoms with Crippen molar-refractivity contribution >= 4 is 16.9 Å². The van der Waals surface area contributed by atoms with Crippen LogP contribution in [0.1, 0.15) is 35.7 Å². The van der Waals surface area contributed by atoms with E-state index >= 15 is 0 Å². The van der Waals surface area contributed by atoms with Gasteiger partial charge in [0.05, 0.1) is 37.2 Å². The molecule has 1 fully saturated rings. The van der Waals surface area contributed by atoms with Crippen molar-refractivity contribution in [2.45, 2.75) is 32.2 Å². The van der Waals surface area contributed by atoms with E-state index in [4.69, 9.17) is 14.5 Å². The minimum Gasteiger partial charge on any atom is -0.493 e. The van der Waals surface area contributed by atoms with Crippen molar-refractivity contribution in [1.29, 1.82) is 0 Å². The number of carbonyl (C=O) groups is 1. The van der Waals surface area contributed by atoms with Gasteiger partial charge in [0.1, 0.15) is 5.52 Å². The van der Waals surface area contributed by atoms with Crippen molar-refractivity contribution in [3.63, 3.8) is 0 Å². The van der Waals surface area contributed by atoms with E-state index in [0.29, 0.717) is 33.9 Å². The van der Waals surface area contributed by atoms with Crippen molar-refractivity contribution in [2.75, 3.05) is 20.8 Å². The number of aryl methyl sites for hydroxylation is 1. The third-order valence-electron chi connectivity index (χ3n) is 5.46. The van der Waals surface area contributed by atoms with Gasteiger partial charge in [0.2, 0.25) is 0 Å². The SMILES string of the molecule is COc1cc(-c2cnc3[nH]cc(C(=O)C4(C)CCCN4)c3n2)cc(C)c1OC. The molecule has 0 radical (unpaired) electrons. The van der Waals surface area contributed by atoms with Gasteiger partial charge < -0.3 is 19.8 Å². The lowest BCUT2D eigenvalue weighted by atomic mass is 9.90. The van der Waals surface area contributed by atoms with Crippen LogP contribution in [-0.4, -0.2) is 47.0 Å². The molecular formula is C21H24N4O3. The number of hydrogen-bond acceptors (Lipinski definition) is 6. The van der Waals surface area contributed by atoms with Crippen LogP contribution >= 0.6 is 0 Å². The minimum atomic E-state index is -0.549. The summed E-state index contributed by atoms with van der Waals surface area (Å²) >= 11 is 0. The molecule has 7 nitrogen and oxygen atoms in total. The Hall–Kier alpha value is -2.93. The third kappa shape index (κ3) is 2.92. The highest BCUT2D eigenvalue weighted by Gasteiger charge is 2.37. The first-order valence-electron chi connectivity index (χ1n) is 9.34. The molecule has 1 aliphatic rings. The molecule has 4 rings (SSSR count). The maximum atomic E-state index is 13.1. The molecule has 2 aromatic heterocycles. The molecule has 1 aromatic carbocycles. The van der Waals surface area contributed by atoms with Gasteiger partial charge in [-0.15, -0.1) is 0 Å². The summed E-state index contributed by atoms with van der Waals surface area (Å²) in [5.41, 5.74) is 3.68. The van der Waals surface area contributed by atoms with Crippen LogP contribution in [0.4, 0.5) is 0 Å². The lowest BCUT2D eigenvalue weighted by Crippen LogP contribution is -2.44. The Morgan fingerprint density at radius 1 is 1.25 bits per heavy atom. The minimum absolute atomic E-state index is 0.0474. The second-order valence-electron chi connectivity index (χ2n) is 7.38. The predicted octanol–water partition coefficient (Wildman–Crippen LogP) is 3.28. The van der Waals surface area contributed by atoms with E-state index in [2.05, 4.69) is 15.3 Å². The maximum absolute atomic E-state index is 13.1. The largest absolute Gasteiger partial charge is 0.493 e. The molecule has 28 heavy (non-hydrogen) atoms. The molecule has 0 saturated carbocycles. The molecule has 2 N–H and O–H groups in total. The fourth-order valence-electron chi connectivity index (χ4n) is 3.89. The van der Waals surface area contributed by atoms with Gasteiger partial charge in [-0.2, -0.15) is 0 Å². The van der Waals surface area contributed by atoms with Crippen molar-refractivity contribution < 1.29 is 14.3 Å². The lowest BCUT2D eigenvalue weighted by molar-refractivity contribution is 0.0886. The second kappa shape index (κ2) is 6.91. The van der Waals surface area contributed by atoms with Gasteiger partial charge in [0.15, 0.2) is 22.9 Å². The number of ketones is 1. The number of Topliss-reactive ketones (excluding diaryl/α,β-unsaturated/α-hetero) is 1. The quantitative estimate of drug-likeness (QED) is 0.661. The summed E-state index contributed by atoms with van der Waals surface area (Å²) in [6.07, 6.45) is 5.22. The Labute approximate surface area is 163 Å². The van der Waals surface area contributed by atoms with Crippen LogP contribution in [0.5, 0.6) is 11.5 Å². The molecule has 7 heteroatoms. The first-order chi connectivity index (χ1) is 13.5. The Kier molecular flexibility index (Phi) is 4.55. The lowest BCUT2D eigenvalue weighted by Gasteiger charge is -2.21. The highest BCUT2D eigenvalue weighted by atomic mass is 16.5. The monoisotopic (exact) mass is 380 g/mol. The van der Waals surface area contributed by atoms with Crippen molar-refractivity contribution in [3.8, 4) is 22.8 Å². The second-order valence-corrected chi connectivity index (χ2v) is 7.38. The zero-order chi connectivity index (χ0) is 19.9. The van der Waals surface area contributed by atoms with E-state index in [1.165, 1.54) is 0 Å². The molecule has 0 aliphatic carbocycles. The fraction of sp³-hybridized carbons (Fsp3) is 0.381. The average Bonchev–Trinajstić information content (AvgIpc) is 3.33. The Balaban J connectivity index is 1.80. The van der Waals surface area contributed by atoms with Crippen LogP contribution in [-0.2, 0) is 0 Å². The molecule has 1 unspecified atom stereocenters. The average molecular weight is 380 g/mol.